The van der Waals surface area contributed by atoms with Gasteiger partial charge in [-0.1, -0.05) is 35.9 Å². The molecule has 0 fully saturated rings. The first-order chi connectivity index (χ1) is 12.7. The van der Waals surface area contributed by atoms with Crippen molar-refractivity contribution in [3.8, 4) is 28.3 Å². The lowest BCUT2D eigenvalue weighted by atomic mass is 10.1. The third-order valence-corrected chi connectivity index (χ3v) is 4.74. The molecule has 3 aromatic heterocycles. The van der Waals surface area contributed by atoms with E-state index in [9.17, 15) is 0 Å². The second kappa shape index (κ2) is 5.55. The molecule has 0 radical (unpaired) electrons. The van der Waals surface area contributed by atoms with Crippen LogP contribution in [-0.4, -0.2) is 24.3 Å². The Morgan fingerprint density at radius 2 is 1.96 bits per heavy atom. The number of fused-ring (bicyclic) bond motifs is 5. The highest BCUT2D eigenvalue weighted by atomic mass is 35.5. The minimum Gasteiger partial charge on any atom is -0.340 e. The fourth-order valence-corrected chi connectivity index (χ4v) is 3.47. The summed E-state index contributed by atoms with van der Waals surface area (Å²) >= 11 is 6.10. The van der Waals surface area contributed by atoms with Crippen molar-refractivity contribution >= 4 is 17.3 Å². The van der Waals surface area contributed by atoms with E-state index in [-0.39, 0.29) is 0 Å². The van der Waals surface area contributed by atoms with Crippen LogP contribution in [0, 0.1) is 6.57 Å². The van der Waals surface area contributed by atoms with Crippen molar-refractivity contribution in [1.82, 2.24) is 24.3 Å². The molecule has 1 aromatic carbocycles. The zero-order valence-corrected chi connectivity index (χ0v) is 14.2. The smallest absolute Gasteiger partial charge is 0.187 e. The Kier molecular flexibility index (Phi) is 3.17. The van der Waals surface area contributed by atoms with E-state index in [1.54, 1.807) is 12.5 Å². The van der Waals surface area contributed by atoms with Crippen LogP contribution in [0.2, 0.25) is 5.15 Å². The normalized spacial score (nSPS) is 11.8. The van der Waals surface area contributed by atoms with Crippen LogP contribution in [0.15, 0.2) is 55.1 Å². The van der Waals surface area contributed by atoms with E-state index in [0.717, 1.165) is 33.9 Å². The highest BCUT2D eigenvalue weighted by Crippen LogP contribution is 2.34. The number of halogens is 1. The van der Waals surface area contributed by atoms with Crippen LogP contribution in [0.1, 0.15) is 5.56 Å². The van der Waals surface area contributed by atoms with E-state index in [1.807, 2.05) is 34.9 Å². The second-order valence-corrected chi connectivity index (χ2v) is 6.45. The van der Waals surface area contributed by atoms with Crippen LogP contribution < -0.4 is 0 Å². The zero-order valence-electron chi connectivity index (χ0n) is 13.5. The van der Waals surface area contributed by atoms with Gasteiger partial charge in [0.2, 0.25) is 0 Å². The molecule has 0 saturated heterocycles. The molecule has 0 atom stereocenters. The van der Waals surface area contributed by atoms with Crippen LogP contribution in [-0.2, 0) is 6.54 Å². The largest absolute Gasteiger partial charge is 0.340 e. The Hall–Kier alpha value is -3.43. The van der Waals surface area contributed by atoms with Gasteiger partial charge in [-0.3, -0.25) is 4.57 Å². The van der Waals surface area contributed by atoms with E-state index in [2.05, 4.69) is 36.9 Å². The third-order valence-electron chi connectivity index (χ3n) is 4.54. The number of hydrogen-bond donors (Lipinski definition) is 0. The maximum absolute atomic E-state index is 7.09. The Labute approximate surface area is 154 Å². The van der Waals surface area contributed by atoms with Gasteiger partial charge in [-0.15, -0.1) is 10.2 Å². The maximum Gasteiger partial charge on any atom is 0.187 e. The average molecular weight is 359 g/mol. The summed E-state index contributed by atoms with van der Waals surface area (Å²) in [5, 5.41) is 8.84. The molecule has 0 aliphatic carbocycles. The minimum atomic E-state index is 0.462. The van der Waals surface area contributed by atoms with Gasteiger partial charge in [0, 0.05) is 23.9 Å². The lowest BCUT2D eigenvalue weighted by Gasteiger charge is -2.08. The number of benzene rings is 1. The molecule has 0 bridgehead atoms. The molecule has 0 saturated carbocycles. The number of aromatic nitrogens is 5. The van der Waals surface area contributed by atoms with E-state index < -0.39 is 0 Å². The molecule has 6 nitrogen and oxygen atoms in total. The topological polar surface area (TPSA) is 52.9 Å². The van der Waals surface area contributed by atoms with Crippen molar-refractivity contribution in [3.63, 3.8) is 0 Å². The number of rotatable bonds is 1. The lowest BCUT2D eigenvalue weighted by molar-refractivity contribution is 0.815. The van der Waals surface area contributed by atoms with Crippen LogP contribution in [0.4, 0.5) is 5.69 Å². The summed E-state index contributed by atoms with van der Waals surface area (Å²) in [5.41, 5.74) is 5.70. The second-order valence-electron chi connectivity index (χ2n) is 6.06. The van der Waals surface area contributed by atoms with Gasteiger partial charge in [-0.2, -0.15) is 0 Å². The first-order valence-electron chi connectivity index (χ1n) is 7.96. The molecule has 4 aromatic rings. The fourth-order valence-electron chi connectivity index (χ4n) is 3.29. The molecule has 1 aliphatic heterocycles. The van der Waals surface area contributed by atoms with Crippen molar-refractivity contribution in [2.75, 3.05) is 0 Å². The van der Waals surface area contributed by atoms with Crippen LogP contribution in [0.3, 0.4) is 0 Å². The van der Waals surface area contributed by atoms with Crippen molar-refractivity contribution in [1.29, 1.82) is 0 Å². The highest BCUT2D eigenvalue weighted by molar-refractivity contribution is 6.29. The molecule has 1 aliphatic rings. The molecule has 0 unspecified atom stereocenters. The molecule has 124 valence electrons. The van der Waals surface area contributed by atoms with Gasteiger partial charge >= 0.3 is 0 Å². The zero-order chi connectivity index (χ0) is 17.7. The van der Waals surface area contributed by atoms with E-state index in [4.69, 9.17) is 18.2 Å². The van der Waals surface area contributed by atoms with Crippen LogP contribution in [0.5, 0.6) is 0 Å². The van der Waals surface area contributed by atoms with Crippen molar-refractivity contribution in [2.24, 2.45) is 0 Å². The molecule has 5 rings (SSSR count). The monoisotopic (exact) mass is 358 g/mol. The molecule has 26 heavy (non-hydrogen) atoms. The van der Waals surface area contributed by atoms with Gasteiger partial charge in [0.25, 0.3) is 0 Å². The highest BCUT2D eigenvalue weighted by Gasteiger charge is 2.22. The van der Waals surface area contributed by atoms with Crippen molar-refractivity contribution in [2.45, 2.75) is 6.54 Å². The van der Waals surface area contributed by atoms with Crippen LogP contribution >= 0.6 is 11.6 Å². The SMILES string of the molecule is [C-]#[N+]c1ccc(-c2cc3n(c2)Cc2cc(Cl)ncc2-n2cnnc2-3)cc1. The first kappa shape index (κ1) is 14.9. The van der Waals surface area contributed by atoms with Gasteiger partial charge in [0.15, 0.2) is 11.5 Å². The van der Waals surface area contributed by atoms with Crippen LogP contribution in [0.25, 0.3) is 33.2 Å². The third kappa shape index (κ3) is 2.22. The van der Waals surface area contributed by atoms with E-state index >= 15 is 0 Å². The fraction of sp³-hybridized carbons (Fsp3) is 0.0526. The molecule has 0 spiro atoms. The predicted octanol–water partition coefficient (Wildman–Crippen LogP) is 4.36. The molecule has 0 amide bonds. The molecular formula is C19H11ClN6. The standard InChI is InChI=1S/C19H11ClN6/c1-21-15-4-2-12(3-5-15)13-6-16-19-24-23-11-26(19)17-8-22-18(20)7-14(17)10-25(16)9-13/h2-9,11H,10H2. The number of hydrogen-bond acceptors (Lipinski definition) is 3. The summed E-state index contributed by atoms with van der Waals surface area (Å²) in [6, 6.07) is 11.5. The first-order valence-corrected chi connectivity index (χ1v) is 8.34. The molecular weight excluding hydrogens is 348 g/mol. The van der Waals surface area contributed by atoms with Gasteiger partial charge < -0.3 is 4.57 Å². The summed E-state index contributed by atoms with van der Waals surface area (Å²) < 4.78 is 4.07. The Morgan fingerprint density at radius 1 is 1.12 bits per heavy atom. The molecule has 0 N–H and O–H groups in total. The quantitative estimate of drug-likeness (QED) is 0.330. The lowest BCUT2D eigenvalue weighted by Crippen LogP contribution is -2.00. The van der Waals surface area contributed by atoms with Gasteiger partial charge in [0.05, 0.1) is 24.2 Å². The summed E-state index contributed by atoms with van der Waals surface area (Å²) in [6.07, 6.45) is 5.53. The average Bonchev–Trinajstić information content (AvgIpc) is 3.27. The summed E-state index contributed by atoms with van der Waals surface area (Å²) in [5.74, 6) is 0.761. The van der Waals surface area contributed by atoms with Gasteiger partial charge in [-0.25, -0.2) is 9.83 Å². The molecule has 4 heterocycles. The summed E-state index contributed by atoms with van der Waals surface area (Å²) in [7, 11) is 0. The number of nitrogens with zero attached hydrogens (tertiary/aromatic N) is 6. The predicted molar refractivity (Wildman–Crippen MR) is 98.4 cm³/mol. The van der Waals surface area contributed by atoms with Crippen molar-refractivity contribution in [3.05, 3.63) is 77.3 Å². The van der Waals surface area contributed by atoms with Gasteiger partial charge in [0.1, 0.15) is 11.5 Å². The van der Waals surface area contributed by atoms with Gasteiger partial charge in [-0.05, 0) is 17.7 Å². The molecule has 7 heteroatoms. The maximum atomic E-state index is 7.09. The Balaban J connectivity index is 1.68. The number of pyridine rings is 1. The van der Waals surface area contributed by atoms with E-state index in [1.165, 1.54) is 0 Å². The minimum absolute atomic E-state index is 0.462. The summed E-state index contributed by atoms with van der Waals surface area (Å²) in [4.78, 5) is 7.64. The van der Waals surface area contributed by atoms with E-state index in [0.29, 0.717) is 17.4 Å². The Bertz CT molecular complexity index is 1180. The Morgan fingerprint density at radius 3 is 2.77 bits per heavy atom. The summed E-state index contributed by atoms with van der Waals surface area (Å²) in [6.45, 7) is 7.75. The van der Waals surface area contributed by atoms with Crippen molar-refractivity contribution < 1.29 is 0 Å².